The summed E-state index contributed by atoms with van der Waals surface area (Å²) in [5.74, 6) is 0.184. The molecule has 0 bridgehead atoms. The fourth-order valence-electron chi connectivity index (χ4n) is 1.60. The molecular formula is C12H12O4. The third-order valence-corrected chi connectivity index (χ3v) is 2.18. The zero-order valence-electron chi connectivity index (χ0n) is 8.90. The molecule has 0 fully saturated rings. The fraction of sp³-hybridized carbons (Fsp3) is 0.250. The molecule has 16 heavy (non-hydrogen) atoms. The zero-order chi connectivity index (χ0) is 11.5. The van der Waals surface area contributed by atoms with Crippen molar-refractivity contribution in [2.24, 2.45) is 0 Å². The van der Waals surface area contributed by atoms with Crippen molar-refractivity contribution >= 4 is 16.9 Å². The number of furan rings is 1. The lowest BCUT2D eigenvalue weighted by molar-refractivity contribution is -0.136. The highest BCUT2D eigenvalue weighted by Gasteiger charge is 2.10. The molecule has 0 aliphatic heterocycles. The number of rotatable bonds is 4. The highest BCUT2D eigenvalue weighted by molar-refractivity contribution is 5.84. The number of carboxylic acids is 1. The fourth-order valence-corrected chi connectivity index (χ4v) is 1.60. The van der Waals surface area contributed by atoms with Crippen LogP contribution in [0.2, 0.25) is 0 Å². The maximum Gasteiger partial charge on any atom is 0.311 e. The molecule has 84 valence electrons. The molecule has 4 nitrogen and oxygen atoms in total. The quantitative estimate of drug-likeness (QED) is 0.859. The summed E-state index contributed by atoms with van der Waals surface area (Å²) in [6.45, 7) is 2.44. The molecule has 1 aromatic heterocycles. The van der Waals surface area contributed by atoms with E-state index in [2.05, 4.69) is 0 Å². The first-order valence-corrected chi connectivity index (χ1v) is 5.06. The molecule has 0 saturated heterocycles. The second kappa shape index (κ2) is 4.26. The molecule has 0 spiro atoms. The Kier molecular flexibility index (Phi) is 2.81. The van der Waals surface area contributed by atoms with Crippen molar-refractivity contribution in [1.29, 1.82) is 0 Å². The van der Waals surface area contributed by atoms with Crippen LogP contribution in [-0.4, -0.2) is 17.7 Å². The van der Waals surface area contributed by atoms with Crippen LogP contribution in [0.5, 0.6) is 5.75 Å². The summed E-state index contributed by atoms with van der Waals surface area (Å²) < 4.78 is 10.9. The van der Waals surface area contributed by atoms with Crippen LogP contribution in [0.4, 0.5) is 0 Å². The molecule has 2 aromatic rings. The van der Waals surface area contributed by atoms with Crippen LogP contribution in [0.15, 0.2) is 28.7 Å². The lowest BCUT2D eigenvalue weighted by atomic mass is 10.2. The number of ether oxygens (including phenoxy) is 1. The Balaban J connectivity index is 2.43. The maximum absolute atomic E-state index is 10.6. The van der Waals surface area contributed by atoms with Gasteiger partial charge in [0.1, 0.15) is 12.2 Å². The van der Waals surface area contributed by atoms with Crippen molar-refractivity contribution in [1.82, 2.24) is 0 Å². The van der Waals surface area contributed by atoms with E-state index in [4.69, 9.17) is 14.3 Å². The Morgan fingerprint density at radius 1 is 1.50 bits per heavy atom. The van der Waals surface area contributed by atoms with Crippen LogP contribution in [-0.2, 0) is 11.2 Å². The number of fused-ring (bicyclic) bond motifs is 1. The van der Waals surface area contributed by atoms with E-state index in [1.54, 1.807) is 12.1 Å². The summed E-state index contributed by atoms with van der Waals surface area (Å²) in [6, 6.07) is 7.26. The Bertz CT molecular complexity index is 513. The molecule has 0 atom stereocenters. The summed E-state index contributed by atoms with van der Waals surface area (Å²) in [6.07, 6.45) is -0.111. The number of aliphatic carboxylic acids is 1. The minimum Gasteiger partial charge on any atom is -0.490 e. The van der Waals surface area contributed by atoms with Gasteiger partial charge < -0.3 is 14.3 Å². The van der Waals surface area contributed by atoms with E-state index in [9.17, 15) is 4.79 Å². The number of hydrogen-bond donors (Lipinski definition) is 1. The largest absolute Gasteiger partial charge is 0.490 e. The number of carbonyl (C=O) groups is 1. The predicted molar refractivity (Wildman–Crippen MR) is 58.7 cm³/mol. The van der Waals surface area contributed by atoms with Crippen LogP contribution in [0.3, 0.4) is 0 Å². The van der Waals surface area contributed by atoms with Crippen LogP contribution in [0.25, 0.3) is 11.0 Å². The van der Waals surface area contributed by atoms with Crippen molar-refractivity contribution in [2.75, 3.05) is 6.61 Å². The maximum atomic E-state index is 10.6. The topological polar surface area (TPSA) is 59.7 Å². The molecule has 1 N–H and O–H groups in total. The predicted octanol–water partition coefficient (Wildman–Crippen LogP) is 2.46. The lowest BCUT2D eigenvalue weighted by Crippen LogP contribution is -1.97. The van der Waals surface area contributed by atoms with Crippen molar-refractivity contribution < 1.29 is 19.1 Å². The van der Waals surface area contributed by atoms with Gasteiger partial charge in [0.05, 0.1) is 6.61 Å². The van der Waals surface area contributed by atoms with Gasteiger partial charge in [0.25, 0.3) is 0 Å². The number of carboxylic acid groups (broad SMARTS) is 1. The average Bonchev–Trinajstić information content (AvgIpc) is 2.60. The van der Waals surface area contributed by atoms with E-state index >= 15 is 0 Å². The smallest absolute Gasteiger partial charge is 0.311 e. The summed E-state index contributed by atoms with van der Waals surface area (Å²) in [7, 11) is 0. The van der Waals surface area contributed by atoms with Gasteiger partial charge >= 0.3 is 5.97 Å². The Labute approximate surface area is 92.4 Å². The number of hydrogen-bond acceptors (Lipinski definition) is 3. The van der Waals surface area contributed by atoms with Gasteiger partial charge in [0.15, 0.2) is 11.3 Å². The monoisotopic (exact) mass is 220 g/mol. The van der Waals surface area contributed by atoms with Crippen LogP contribution in [0, 0.1) is 0 Å². The summed E-state index contributed by atoms with van der Waals surface area (Å²) in [5.41, 5.74) is 0.612. The molecule has 4 heteroatoms. The minimum atomic E-state index is -0.906. The minimum absolute atomic E-state index is 0.111. The molecule has 0 radical (unpaired) electrons. The van der Waals surface area contributed by atoms with Gasteiger partial charge in [-0.15, -0.1) is 0 Å². The molecule has 0 unspecified atom stereocenters. The van der Waals surface area contributed by atoms with Crippen molar-refractivity contribution in [2.45, 2.75) is 13.3 Å². The Morgan fingerprint density at radius 2 is 2.31 bits per heavy atom. The highest BCUT2D eigenvalue weighted by atomic mass is 16.5. The first-order valence-electron chi connectivity index (χ1n) is 5.06. The lowest BCUT2D eigenvalue weighted by Gasteiger charge is -2.02. The van der Waals surface area contributed by atoms with E-state index in [1.165, 1.54) is 0 Å². The highest BCUT2D eigenvalue weighted by Crippen LogP contribution is 2.28. The second-order valence-electron chi connectivity index (χ2n) is 3.39. The third-order valence-electron chi connectivity index (χ3n) is 2.18. The van der Waals surface area contributed by atoms with Crippen molar-refractivity contribution in [3.8, 4) is 5.75 Å². The van der Waals surface area contributed by atoms with E-state index in [0.29, 0.717) is 23.7 Å². The summed E-state index contributed by atoms with van der Waals surface area (Å²) in [5, 5.41) is 9.54. The molecule has 1 aromatic carbocycles. The molecule has 1 heterocycles. The van der Waals surface area contributed by atoms with Gasteiger partial charge in [0.2, 0.25) is 0 Å². The number of benzene rings is 1. The van der Waals surface area contributed by atoms with Crippen LogP contribution in [0.1, 0.15) is 12.7 Å². The van der Waals surface area contributed by atoms with E-state index in [1.807, 2.05) is 19.1 Å². The Morgan fingerprint density at radius 3 is 3.00 bits per heavy atom. The standard InChI is InChI=1S/C12H12O4/c1-2-15-10-5-3-4-8-6-9(7-11(13)14)16-12(8)10/h3-6H,2,7H2,1H3,(H,13,14). The van der Waals surface area contributed by atoms with Gasteiger partial charge in [0, 0.05) is 5.39 Å². The SMILES string of the molecule is CCOc1cccc2cc(CC(=O)O)oc12. The van der Waals surface area contributed by atoms with Crippen molar-refractivity contribution in [3.63, 3.8) is 0 Å². The summed E-state index contributed by atoms with van der Waals surface area (Å²) in [4.78, 5) is 10.6. The molecule has 0 amide bonds. The molecular weight excluding hydrogens is 208 g/mol. The van der Waals surface area contributed by atoms with Gasteiger partial charge in [-0.3, -0.25) is 4.79 Å². The zero-order valence-corrected chi connectivity index (χ0v) is 8.90. The Hall–Kier alpha value is -1.97. The van der Waals surface area contributed by atoms with Crippen LogP contribution < -0.4 is 4.74 Å². The average molecular weight is 220 g/mol. The molecule has 0 aliphatic rings. The first-order chi connectivity index (χ1) is 7.70. The van der Waals surface area contributed by atoms with Gasteiger partial charge in [-0.2, -0.15) is 0 Å². The van der Waals surface area contributed by atoms with Gasteiger partial charge in [-0.25, -0.2) is 0 Å². The summed E-state index contributed by atoms with van der Waals surface area (Å²) >= 11 is 0. The van der Waals surface area contributed by atoms with Crippen molar-refractivity contribution in [3.05, 3.63) is 30.0 Å². The van der Waals surface area contributed by atoms with E-state index < -0.39 is 5.97 Å². The normalized spacial score (nSPS) is 10.6. The van der Waals surface area contributed by atoms with E-state index in [0.717, 1.165) is 5.39 Å². The molecule has 0 saturated carbocycles. The first kappa shape index (κ1) is 10.5. The third kappa shape index (κ3) is 2.00. The van der Waals surface area contributed by atoms with Crippen LogP contribution >= 0.6 is 0 Å². The van der Waals surface area contributed by atoms with Gasteiger partial charge in [-0.1, -0.05) is 12.1 Å². The second-order valence-corrected chi connectivity index (χ2v) is 3.39. The number of para-hydroxylation sites is 1. The van der Waals surface area contributed by atoms with E-state index in [-0.39, 0.29) is 6.42 Å². The molecule has 2 rings (SSSR count). The van der Waals surface area contributed by atoms with Gasteiger partial charge in [-0.05, 0) is 19.1 Å². The molecule has 0 aliphatic carbocycles.